The molecule has 1 aliphatic rings. The third-order valence-electron chi connectivity index (χ3n) is 5.15. The quantitative estimate of drug-likeness (QED) is 0.487. The molecular formula is C21H25F2N7O2. The van der Waals surface area contributed by atoms with E-state index in [1.807, 2.05) is 6.07 Å². The molecule has 3 rings (SSSR count). The monoisotopic (exact) mass is 445 g/mol. The molecule has 2 aromatic rings. The first kappa shape index (κ1) is 23.3. The van der Waals surface area contributed by atoms with Gasteiger partial charge in [0.2, 0.25) is 5.95 Å². The lowest BCUT2D eigenvalue weighted by atomic mass is 10.0. The molecule has 1 aliphatic carbocycles. The number of amides is 1. The van der Waals surface area contributed by atoms with E-state index in [1.54, 1.807) is 0 Å². The van der Waals surface area contributed by atoms with Crippen LogP contribution in [0.3, 0.4) is 0 Å². The summed E-state index contributed by atoms with van der Waals surface area (Å²) in [7, 11) is 0. The predicted octanol–water partition coefficient (Wildman–Crippen LogP) is 2.63. The van der Waals surface area contributed by atoms with Gasteiger partial charge in [0, 0.05) is 12.3 Å². The Balaban J connectivity index is 1.81. The van der Waals surface area contributed by atoms with Crippen LogP contribution in [0.1, 0.15) is 49.0 Å². The highest BCUT2D eigenvalue weighted by Crippen LogP contribution is 2.28. The maximum atomic E-state index is 14.2. The molecule has 0 aromatic carbocycles. The van der Waals surface area contributed by atoms with Crippen molar-refractivity contribution in [3.63, 3.8) is 0 Å². The van der Waals surface area contributed by atoms with E-state index in [2.05, 4.69) is 30.9 Å². The number of rotatable bonds is 8. The molecule has 1 amide bonds. The number of pyridine rings is 1. The van der Waals surface area contributed by atoms with E-state index in [1.165, 1.54) is 38.5 Å². The maximum absolute atomic E-state index is 14.2. The van der Waals surface area contributed by atoms with Crippen LogP contribution in [-0.2, 0) is 0 Å². The molecule has 1 fully saturated rings. The van der Waals surface area contributed by atoms with Crippen molar-refractivity contribution in [1.29, 1.82) is 5.26 Å². The molecule has 4 N–H and O–H groups in total. The minimum absolute atomic E-state index is 0.110. The second-order valence-electron chi connectivity index (χ2n) is 8.18. The van der Waals surface area contributed by atoms with Crippen LogP contribution in [-0.4, -0.2) is 56.5 Å². The first-order valence-corrected chi connectivity index (χ1v) is 10.2. The van der Waals surface area contributed by atoms with Crippen molar-refractivity contribution >= 4 is 23.4 Å². The van der Waals surface area contributed by atoms with Crippen molar-refractivity contribution in [2.24, 2.45) is 0 Å². The second kappa shape index (κ2) is 9.82. The number of hydrogen-bond donors (Lipinski definition) is 4. The maximum Gasteiger partial charge on any atom is 0.255 e. The van der Waals surface area contributed by atoms with Crippen molar-refractivity contribution in [3.8, 4) is 6.07 Å². The topological polar surface area (TPSA) is 136 Å². The zero-order chi connectivity index (χ0) is 23.3. The predicted molar refractivity (Wildman–Crippen MR) is 114 cm³/mol. The largest absolute Gasteiger partial charge is 0.387 e. The lowest BCUT2D eigenvalue weighted by Crippen LogP contribution is -2.42. The molecule has 0 aliphatic heterocycles. The lowest BCUT2D eigenvalue weighted by molar-refractivity contribution is -0.00177. The number of halogens is 2. The van der Waals surface area contributed by atoms with Gasteiger partial charge in [-0.05, 0) is 33.1 Å². The summed E-state index contributed by atoms with van der Waals surface area (Å²) in [6, 6.07) is 2.97. The zero-order valence-electron chi connectivity index (χ0n) is 17.8. The van der Waals surface area contributed by atoms with Crippen molar-refractivity contribution in [3.05, 3.63) is 35.8 Å². The van der Waals surface area contributed by atoms with E-state index in [9.17, 15) is 18.7 Å². The third-order valence-corrected chi connectivity index (χ3v) is 5.15. The summed E-state index contributed by atoms with van der Waals surface area (Å²) in [5.41, 5.74) is -0.877. The molecule has 3 atom stereocenters. The van der Waals surface area contributed by atoms with Gasteiger partial charge in [-0.1, -0.05) is 0 Å². The number of nitriles is 1. The van der Waals surface area contributed by atoms with E-state index < -0.39 is 36.4 Å². The van der Waals surface area contributed by atoms with Crippen LogP contribution in [0.5, 0.6) is 0 Å². The molecule has 170 valence electrons. The Morgan fingerprint density at radius 2 is 2.03 bits per heavy atom. The fourth-order valence-electron chi connectivity index (χ4n) is 3.19. The fourth-order valence-corrected chi connectivity index (χ4v) is 3.19. The number of nitrogens with zero attached hydrogens (tertiary/aromatic N) is 4. The summed E-state index contributed by atoms with van der Waals surface area (Å²) in [6.07, 6.45) is 3.02. The van der Waals surface area contributed by atoms with Gasteiger partial charge in [0.25, 0.3) is 5.91 Å². The van der Waals surface area contributed by atoms with Gasteiger partial charge in [-0.25, -0.2) is 23.7 Å². The van der Waals surface area contributed by atoms with Gasteiger partial charge in [0.05, 0.1) is 47.4 Å². The molecule has 32 heavy (non-hydrogen) atoms. The Bertz CT molecular complexity index is 989. The standard InChI is InChI=1S/C21H25F2N7O2/c1-21(2,32)17(23)11-26-19(31)13-10-25-18(30-20-27-8-12(7-24)9-28-20)6-16(13)29-15-5-3-4-14(15)22/h6,8-10,14-15,17,32H,3-5,11H2,1-2H3,(H,26,31)(H2,25,27,28,29,30)/t14-,15+,17?/m1/s1. The van der Waals surface area contributed by atoms with Crippen molar-refractivity contribution in [2.75, 3.05) is 17.2 Å². The van der Waals surface area contributed by atoms with Crippen LogP contribution >= 0.6 is 0 Å². The number of aromatic nitrogens is 3. The van der Waals surface area contributed by atoms with Gasteiger partial charge in [0.1, 0.15) is 24.2 Å². The minimum Gasteiger partial charge on any atom is -0.387 e. The fraction of sp³-hybridized carbons (Fsp3) is 0.476. The highest BCUT2D eigenvalue weighted by Gasteiger charge is 2.29. The number of carbonyl (C=O) groups is 1. The van der Waals surface area contributed by atoms with Crippen LogP contribution in [0, 0.1) is 11.3 Å². The first-order valence-electron chi connectivity index (χ1n) is 10.2. The van der Waals surface area contributed by atoms with Crippen LogP contribution in [0.15, 0.2) is 24.7 Å². The SMILES string of the molecule is CC(C)(O)C(F)CNC(=O)c1cnc(Nc2ncc(C#N)cn2)cc1N[C@H]1CCC[C@H]1F. The number of aliphatic hydroxyl groups is 1. The van der Waals surface area contributed by atoms with E-state index >= 15 is 0 Å². The molecular weight excluding hydrogens is 420 g/mol. The van der Waals surface area contributed by atoms with E-state index in [4.69, 9.17) is 5.26 Å². The van der Waals surface area contributed by atoms with E-state index in [-0.39, 0.29) is 11.5 Å². The highest BCUT2D eigenvalue weighted by atomic mass is 19.1. The van der Waals surface area contributed by atoms with Crippen LogP contribution in [0.25, 0.3) is 0 Å². The molecule has 0 radical (unpaired) electrons. The van der Waals surface area contributed by atoms with Gasteiger partial charge >= 0.3 is 0 Å². The lowest BCUT2D eigenvalue weighted by Gasteiger charge is -2.23. The number of anilines is 3. The molecule has 0 spiro atoms. The number of hydrogen-bond acceptors (Lipinski definition) is 8. The Hall–Kier alpha value is -3.39. The molecule has 0 saturated heterocycles. The smallest absolute Gasteiger partial charge is 0.255 e. The molecule has 0 bridgehead atoms. The second-order valence-corrected chi connectivity index (χ2v) is 8.18. The summed E-state index contributed by atoms with van der Waals surface area (Å²) in [6.45, 7) is 2.23. The summed E-state index contributed by atoms with van der Waals surface area (Å²) in [5, 5.41) is 26.9. The Morgan fingerprint density at radius 3 is 2.62 bits per heavy atom. The van der Waals surface area contributed by atoms with Crippen molar-refractivity contribution < 1.29 is 18.7 Å². The van der Waals surface area contributed by atoms with Crippen molar-refractivity contribution in [2.45, 2.75) is 57.1 Å². The Kier molecular flexibility index (Phi) is 7.15. The number of nitrogens with one attached hydrogen (secondary N) is 3. The first-order chi connectivity index (χ1) is 15.2. The van der Waals surface area contributed by atoms with E-state index in [0.29, 0.717) is 29.9 Å². The van der Waals surface area contributed by atoms with Crippen LogP contribution in [0.2, 0.25) is 0 Å². The molecule has 2 heterocycles. The Labute approximate surface area is 184 Å². The van der Waals surface area contributed by atoms with E-state index in [0.717, 1.165) is 6.42 Å². The molecule has 2 aromatic heterocycles. The average molecular weight is 445 g/mol. The zero-order valence-corrected chi connectivity index (χ0v) is 17.8. The van der Waals surface area contributed by atoms with Gasteiger partial charge in [-0.3, -0.25) is 4.79 Å². The van der Waals surface area contributed by atoms with Gasteiger partial charge in [-0.15, -0.1) is 0 Å². The van der Waals surface area contributed by atoms with Gasteiger partial charge in [0.15, 0.2) is 0 Å². The van der Waals surface area contributed by atoms with Crippen molar-refractivity contribution in [1.82, 2.24) is 20.3 Å². The molecule has 9 nitrogen and oxygen atoms in total. The average Bonchev–Trinajstić information content (AvgIpc) is 3.16. The normalized spacial score (nSPS) is 19.1. The molecule has 1 unspecified atom stereocenters. The van der Waals surface area contributed by atoms with Crippen LogP contribution in [0.4, 0.5) is 26.2 Å². The summed E-state index contributed by atoms with van der Waals surface area (Å²) in [5.74, 6) is -0.127. The minimum atomic E-state index is -1.67. The van der Waals surface area contributed by atoms with Crippen LogP contribution < -0.4 is 16.0 Å². The van der Waals surface area contributed by atoms with Gasteiger partial charge in [-0.2, -0.15) is 5.26 Å². The molecule has 11 heteroatoms. The summed E-state index contributed by atoms with van der Waals surface area (Å²) >= 11 is 0. The summed E-state index contributed by atoms with van der Waals surface area (Å²) < 4.78 is 28.2. The Morgan fingerprint density at radius 1 is 1.31 bits per heavy atom. The van der Waals surface area contributed by atoms with Gasteiger partial charge < -0.3 is 21.1 Å². The third kappa shape index (κ3) is 5.85. The molecule has 1 saturated carbocycles. The number of alkyl halides is 2. The number of carbonyl (C=O) groups excluding carboxylic acids is 1. The summed E-state index contributed by atoms with van der Waals surface area (Å²) in [4.78, 5) is 24.9. The highest BCUT2D eigenvalue weighted by molar-refractivity contribution is 5.99.